The van der Waals surface area contributed by atoms with Gasteiger partial charge in [-0.05, 0) is 81.1 Å². The molecule has 1 saturated heterocycles. The fourth-order valence-electron chi connectivity index (χ4n) is 5.36. The average molecular weight is 613 g/mol. The highest BCUT2D eigenvalue weighted by Crippen LogP contribution is 2.51. The van der Waals surface area contributed by atoms with Crippen LogP contribution in [-0.4, -0.2) is 80.0 Å². The molecule has 0 aromatic heterocycles. The number of carbonyl (C=O) groups is 2. The van der Waals surface area contributed by atoms with Gasteiger partial charge in [-0.3, -0.25) is 9.59 Å². The van der Waals surface area contributed by atoms with Crippen LogP contribution in [-0.2, 0) is 21.0 Å². The number of unbranched alkanes of at least 4 members (excludes halogenated alkanes) is 1. The van der Waals surface area contributed by atoms with Crippen molar-refractivity contribution in [2.24, 2.45) is 0 Å². The van der Waals surface area contributed by atoms with Gasteiger partial charge >= 0.3 is 6.18 Å². The minimum absolute atomic E-state index is 0.00199. The summed E-state index contributed by atoms with van der Waals surface area (Å²) in [5.74, 6) is -1.02. The Labute approximate surface area is 243 Å². The highest BCUT2D eigenvalue weighted by atomic mass is 32.2. The summed E-state index contributed by atoms with van der Waals surface area (Å²) in [5, 5.41) is 6.22. The second-order valence-electron chi connectivity index (χ2n) is 11.2. The molecule has 13 heteroatoms. The zero-order valence-electron chi connectivity index (χ0n) is 23.6. The number of hydrogen-bond donors (Lipinski definition) is 2. The molecule has 1 unspecified atom stereocenters. The maximum atomic E-state index is 13.4. The van der Waals surface area contributed by atoms with E-state index in [1.54, 1.807) is 12.1 Å². The quantitative estimate of drug-likeness (QED) is 0.298. The van der Waals surface area contributed by atoms with Crippen molar-refractivity contribution in [2.75, 3.05) is 39.0 Å². The second kappa shape index (κ2) is 12.7. The standard InChI is InChI=1S/C29H36F4N4O4S/c1-28(19-24(28)20-8-12-23(30)13-9-20)34-14-4-3-5-25(27(39)36-15-17-37(18-16-36)42(2,40)41)35-26(38)21-6-10-22(11-7-21)29(31,32)33/h6-13,24-25,34H,3-5,14-19H2,1-2H3,(H,35,38)/t24-,25-,28?/m0/s1. The van der Waals surface area contributed by atoms with E-state index in [0.29, 0.717) is 25.8 Å². The van der Waals surface area contributed by atoms with Crippen LogP contribution < -0.4 is 10.6 Å². The van der Waals surface area contributed by atoms with Crippen molar-refractivity contribution in [2.45, 2.75) is 56.3 Å². The number of rotatable bonds is 11. The predicted octanol–water partition coefficient (Wildman–Crippen LogP) is 3.75. The first-order valence-corrected chi connectivity index (χ1v) is 15.7. The predicted molar refractivity (Wildman–Crippen MR) is 150 cm³/mol. The minimum atomic E-state index is -4.54. The molecule has 0 radical (unpaired) electrons. The van der Waals surface area contributed by atoms with Crippen molar-refractivity contribution in [3.63, 3.8) is 0 Å². The zero-order chi connectivity index (χ0) is 30.7. The lowest BCUT2D eigenvalue weighted by Gasteiger charge is -2.35. The minimum Gasteiger partial charge on any atom is -0.340 e. The average Bonchev–Trinajstić information content (AvgIpc) is 3.62. The summed E-state index contributed by atoms with van der Waals surface area (Å²) in [4.78, 5) is 27.8. The topological polar surface area (TPSA) is 98.8 Å². The lowest BCUT2D eigenvalue weighted by Crippen LogP contribution is -2.55. The molecule has 1 aliphatic heterocycles. The van der Waals surface area contributed by atoms with Gasteiger partial charge in [0.1, 0.15) is 11.9 Å². The van der Waals surface area contributed by atoms with Crippen molar-refractivity contribution < 1.29 is 35.6 Å². The van der Waals surface area contributed by atoms with E-state index in [-0.39, 0.29) is 54.9 Å². The molecule has 0 spiro atoms. The highest BCUT2D eigenvalue weighted by molar-refractivity contribution is 7.88. The van der Waals surface area contributed by atoms with Crippen molar-refractivity contribution in [3.05, 3.63) is 71.0 Å². The fraction of sp³-hybridized carbons (Fsp3) is 0.517. The van der Waals surface area contributed by atoms with Crippen LogP contribution in [0.5, 0.6) is 0 Å². The molecule has 0 bridgehead atoms. The third-order valence-corrected chi connectivity index (χ3v) is 9.36. The van der Waals surface area contributed by atoms with Crippen LogP contribution in [0, 0.1) is 5.82 Å². The van der Waals surface area contributed by atoms with Gasteiger partial charge in [0, 0.05) is 43.2 Å². The van der Waals surface area contributed by atoms with Gasteiger partial charge in [-0.2, -0.15) is 17.5 Å². The Kier molecular flexibility index (Phi) is 9.63. The van der Waals surface area contributed by atoms with Gasteiger partial charge in [0.25, 0.3) is 5.91 Å². The number of amides is 2. The van der Waals surface area contributed by atoms with Crippen molar-refractivity contribution in [1.29, 1.82) is 0 Å². The van der Waals surface area contributed by atoms with E-state index in [0.717, 1.165) is 42.5 Å². The summed E-state index contributed by atoms with van der Waals surface area (Å²) in [6.07, 6.45) is -0.924. The number of sulfonamides is 1. The Morgan fingerprint density at radius 3 is 2.19 bits per heavy atom. The summed E-state index contributed by atoms with van der Waals surface area (Å²) in [6.45, 7) is 3.39. The van der Waals surface area contributed by atoms with Gasteiger partial charge in [0.2, 0.25) is 15.9 Å². The molecule has 2 fully saturated rings. The molecule has 230 valence electrons. The lowest BCUT2D eigenvalue weighted by molar-refractivity contribution is -0.137. The molecule has 2 N–H and O–H groups in total. The van der Waals surface area contributed by atoms with Crippen molar-refractivity contribution >= 4 is 21.8 Å². The van der Waals surface area contributed by atoms with Crippen LogP contribution in [0.25, 0.3) is 0 Å². The van der Waals surface area contributed by atoms with E-state index in [2.05, 4.69) is 17.6 Å². The Balaban J connectivity index is 1.34. The monoisotopic (exact) mass is 612 g/mol. The largest absolute Gasteiger partial charge is 0.416 e. The summed E-state index contributed by atoms with van der Waals surface area (Å²) in [7, 11) is -3.39. The third-order valence-electron chi connectivity index (χ3n) is 8.06. The number of alkyl halides is 3. The number of hydrogen-bond acceptors (Lipinski definition) is 5. The van der Waals surface area contributed by atoms with Gasteiger partial charge in [0.15, 0.2) is 0 Å². The van der Waals surface area contributed by atoms with E-state index < -0.39 is 33.7 Å². The number of halogens is 4. The first-order valence-electron chi connectivity index (χ1n) is 13.9. The molecule has 2 aromatic carbocycles. The van der Waals surface area contributed by atoms with Crippen LogP contribution in [0.3, 0.4) is 0 Å². The number of piperazine rings is 1. The van der Waals surface area contributed by atoms with Gasteiger partial charge in [-0.25, -0.2) is 12.8 Å². The van der Waals surface area contributed by atoms with E-state index in [4.69, 9.17) is 0 Å². The molecular weight excluding hydrogens is 576 g/mol. The first kappa shape index (κ1) is 31.9. The molecular formula is C29H36F4N4O4S. The first-order chi connectivity index (χ1) is 19.7. The molecule has 1 aliphatic carbocycles. The molecule has 3 atom stereocenters. The maximum absolute atomic E-state index is 13.4. The van der Waals surface area contributed by atoms with Gasteiger partial charge in [-0.15, -0.1) is 0 Å². The van der Waals surface area contributed by atoms with E-state index in [1.807, 2.05) is 0 Å². The summed E-state index contributed by atoms with van der Waals surface area (Å²) < 4.78 is 77.0. The number of benzene rings is 2. The summed E-state index contributed by atoms with van der Waals surface area (Å²) >= 11 is 0. The number of nitrogens with one attached hydrogen (secondary N) is 2. The Bertz CT molecular complexity index is 1360. The fourth-order valence-corrected chi connectivity index (χ4v) is 6.19. The normalized spacial score (nSPS) is 22.0. The lowest BCUT2D eigenvalue weighted by atomic mass is 10.0. The highest BCUT2D eigenvalue weighted by Gasteiger charge is 2.50. The molecule has 2 amide bonds. The second-order valence-corrected chi connectivity index (χ2v) is 13.2. The molecule has 1 heterocycles. The van der Waals surface area contributed by atoms with Gasteiger partial charge < -0.3 is 15.5 Å². The number of nitrogens with zero attached hydrogens (tertiary/aromatic N) is 2. The van der Waals surface area contributed by atoms with E-state index in [1.165, 1.54) is 21.3 Å². The molecule has 4 rings (SSSR count). The summed E-state index contributed by atoms with van der Waals surface area (Å²) in [6, 6.07) is 9.34. The summed E-state index contributed by atoms with van der Waals surface area (Å²) in [5.41, 5.74) is 0.0779. The smallest absolute Gasteiger partial charge is 0.340 e. The van der Waals surface area contributed by atoms with Gasteiger partial charge in [-0.1, -0.05) is 12.1 Å². The molecule has 2 aromatic rings. The Morgan fingerprint density at radius 2 is 1.62 bits per heavy atom. The SMILES string of the molecule is CC1(NCCCC[C@H](NC(=O)c2ccc(C(F)(F)F)cc2)C(=O)N2CCN(S(C)(=O)=O)CC2)C[C@H]1c1ccc(F)cc1. The van der Waals surface area contributed by atoms with Crippen LogP contribution >= 0.6 is 0 Å². The van der Waals surface area contributed by atoms with E-state index >= 15 is 0 Å². The zero-order valence-corrected chi connectivity index (χ0v) is 24.4. The van der Waals surface area contributed by atoms with Crippen LogP contribution in [0.15, 0.2) is 48.5 Å². The Hall–Kier alpha value is -3.03. The van der Waals surface area contributed by atoms with E-state index in [9.17, 15) is 35.6 Å². The molecule has 1 saturated carbocycles. The third kappa shape index (κ3) is 8.07. The van der Waals surface area contributed by atoms with Crippen LogP contribution in [0.4, 0.5) is 17.6 Å². The Morgan fingerprint density at radius 1 is 1.00 bits per heavy atom. The van der Waals surface area contributed by atoms with Gasteiger partial charge in [0.05, 0.1) is 11.8 Å². The van der Waals surface area contributed by atoms with Crippen LogP contribution in [0.1, 0.15) is 60.0 Å². The van der Waals surface area contributed by atoms with Crippen molar-refractivity contribution in [1.82, 2.24) is 19.8 Å². The number of carbonyl (C=O) groups excluding carboxylic acids is 2. The van der Waals surface area contributed by atoms with Crippen LogP contribution in [0.2, 0.25) is 0 Å². The molecule has 8 nitrogen and oxygen atoms in total. The van der Waals surface area contributed by atoms with Crippen molar-refractivity contribution in [3.8, 4) is 0 Å². The molecule has 42 heavy (non-hydrogen) atoms. The maximum Gasteiger partial charge on any atom is 0.416 e. The molecule has 2 aliphatic rings.